The third kappa shape index (κ3) is 9.26. The predicted octanol–water partition coefficient (Wildman–Crippen LogP) is 4.67. The van der Waals surface area contributed by atoms with E-state index in [0.29, 0.717) is 18.7 Å². The van der Waals surface area contributed by atoms with E-state index in [2.05, 4.69) is 15.6 Å². The van der Waals surface area contributed by atoms with Crippen molar-refractivity contribution in [1.82, 2.24) is 25.2 Å². The molecule has 254 valence electrons. The molecule has 0 bridgehead atoms. The number of aliphatic hydroxyl groups excluding tert-OH is 1. The minimum atomic E-state index is -0.741. The molecule has 0 unspecified atom stereocenters. The fraction of sp³-hybridized carbons (Fsp3) is 0.432. The van der Waals surface area contributed by atoms with E-state index in [4.69, 9.17) is 9.72 Å². The number of nitrogens with one attached hydrogen (secondary N) is 3. The number of aromatic nitrogens is 3. The maximum atomic E-state index is 13.2. The van der Waals surface area contributed by atoms with Crippen molar-refractivity contribution in [2.45, 2.75) is 83.0 Å². The van der Waals surface area contributed by atoms with Gasteiger partial charge in [-0.25, -0.2) is 9.78 Å². The van der Waals surface area contributed by atoms with Crippen LogP contribution in [0, 0.1) is 0 Å². The Labute approximate surface area is 279 Å². The first-order chi connectivity index (χ1) is 23.4. The molecule has 3 heterocycles. The SMILES string of the molecule is O=C(Cc1cn([C@H]2C=C[C@@H](CO)O2)c(=O)[nH]c1=O)NCCCCCCCCCCCCNC(=O)c1c2ccccc2nc2ccccc12. The van der Waals surface area contributed by atoms with Crippen LogP contribution in [-0.2, 0) is 16.0 Å². The molecule has 1 aliphatic rings. The zero-order chi connectivity index (χ0) is 33.7. The topological polar surface area (TPSA) is 155 Å². The Bertz CT molecular complexity index is 1790. The number of hydrogen-bond acceptors (Lipinski definition) is 7. The molecule has 11 heteroatoms. The number of nitrogens with zero attached hydrogens (tertiary/aromatic N) is 2. The van der Waals surface area contributed by atoms with Gasteiger partial charge in [-0.1, -0.05) is 93.8 Å². The van der Waals surface area contributed by atoms with Crippen LogP contribution >= 0.6 is 0 Å². The van der Waals surface area contributed by atoms with Crippen LogP contribution in [0.1, 0.15) is 86.4 Å². The van der Waals surface area contributed by atoms with Gasteiger partial charge in [0.2, 0.25) is 5.91 Å². The van der Waals surface area contributed by atoms with Gasteiger partial charge in [0.05, 0.1) is 29.6 Å². The summed E-state index contributed by atoms with van der Waals surface area (Å²) in [6.45, 7) is 0.976. The number of amides is 2. The third-order valence-corrected chi connectivity index (χ3v) is 8.68. The van der Waals surface area contributed by atoms with E-state index < -0.39 is 23.6 Å². The first kappa shape index (κ1) is 34.7. The number of H-pyrrole nitrogens is 1. The summed E-state index contributed by atoms with van der Waals surface area (Å²) >= 11 is 0. The number of ether oxygens (including phenoxy) is 1. The number of para-hydroxylation sites is 2. The van der Waals surface area contributed by atoms with E-state index in [1.165, 1.54) is 30.0 Å². The number of fused-ring (bicyclic) bond motifs is 2. The minimum absolute atomic E-state index is 0.0477. The number of unbranched alkanes of at least 4 members (excludes halogenated alkanes) is 9. The summed E-state index contributed by atoms with van der Waals surface area (Å²) in [5, 5.41) is 17.0. The molecule has 0 aliphatic carbocycles. The van der Waals surface area contributed by atoms with Crippen LogP contribution < -0.4 is 21.9 Å². The van der Waals surface area contributed by atoms with Gasteiger partial charge in [0.25, 0.3) is 11.5 Å². The highest BCUT2D eigenvalue weighted by Gasteiger charge is 2.22. The van der Waals surface area contributed by atoms with E-state index in [1.54, 1.807) is 12.2 Å². The van der Waals surface area contributed by atoms with Crippen molar-refractivity contribution >= 4 is 33.6 Å². The molecule has 5 rings (SSSR count). The smallest absolute Gasteiger partial charge is 0.330 e. The number of rotatable bonds is 18. The van der Waals surface area contributed by atoms with Crippen LogP contribution in [0.25, 0.3) is 21.8 Å². The number of pyridine rings is 1. The summed E-state index contributed by atoms with van der Waals surface area (Å²) < 4.78 is 6.75. The Morgan fingerprint density at radius 3 is 1.94 bits per heavy atom. The van der Waals surface area contributed by atoms with Gasteiger partial charge in [0.1, 0.15) is 6.10 Å². The predicted molar refractivity (Wildman–Crippen MR) is 186 cm³/mol. The zero-order valence-corrected chi connectivity index (χ0v) is 27.3. The van der Waals surface area contributed by atoms with Gasteiger partial charge in [-0.05, 0) is 31.1 Å². The van der Waals surface area contributed by atoms with Gasteiger partial charge < -0.3 is 20.5 Å². The lowest BCUT2D eigenvalue weighted by atomic mass is 10.0. The van der Waals surface area contributed by atoms with E-state index in [0.717, 1.165) is 66.8 Å². The molecule has 4 N–H and O–H groups in total. The number of benzene rings is 2. The lowest BCUT2D eigenvalue weighted by Gasteiger charge is -2.15. The Hall–Kier alpha value is -4.61. The van der Waals surface area contributed by atoms with Crippen molar-refractivity contribution in [3.05, 3.63) is 98.8 Å². The van der Waals surface area contributed by atoms with Crippen LogP contribution in [0.5, 0.6) is 0 Å². The Morgan fingerprint density at radius 2 is 1.35 bits per heavy atom. The second-order valence-electron chi connectivity index (χ2n) is 12.3. The van der Waals surface area contributed by atoms with Crippen molar-refractivity contribution in [2.75, 3.05) is 19.7 Å². The lowest BCUT2D eigenvalue weighted by Crippen LogP contribution is -2.36. The standard InChI is InChI=1S/C37H45N5O6/c43-25-27-19-20-33(48-27)42-24-26(35(45)41-37(42)47)23-32(44)38-21-13-7-5-3-1-2-4-6-8-14-22-39-36(46)34-28-15-9-11-17-30(28)40-31-18-12-10-16-29(31)34/h9-12,15-20,24,27,33,43H,1-8,13-14,21-23,25H2,(H,38,44)(H,39,46)(H,41,45,47)/t27-,33+/m0/s1. The number of aromatic amines is 1. The normalized spacial score (nSPS) is 15.7. The van der Waals surface area contributed by atoms with Crippen LogP contribution in [0.2, 0.25) is 0 Å². The van der Waals surface area contributed by atoms with E-state index in [1.807, 2.05) is 48.5 Å². The molecule has 1 aliphatic heterocycles. The molecule has 2 aromatic carbocycles. The van der Waals surface area contributed by atoms with Gasteiger partial charge in [0.15, 0.2) is 6.23 Å². The second kappa shape index (κ2) is 17.5. The number of carbonyl (C=O) groups is 2. The second-order valence-corrected chi connectivity index (χ2v) is 12.3. The van der Waals surface area contributed by atoms with Gasteiger partial charge in [0, 0.05) is 35.6 Å². The van der Waals surface area contributed by atoms with E-state index >= 15 is 0 Å². The van der Waals surface area contributed by atoms with Crippen molar-refractivity contribution in [3.8, 4) is 0 Å². The Balaban J connectivity index is 0.892. The van der Waals surface area contributed by atoms with Gasteiger partial charge in [-0.3, -0.25) is 23.9 Å². The Morgan fingerprint density at radius 1 is 0.792 bits per heavy atom. The first-order valence-corrected chi connectivity index (χ1v) is 17.1. The molecule has 11 nitrogen and oxygen atoms in total. The zero-order valence-electron chi connectivity index (χ0n) is 27.3. The van der Waals surface area contributed by atoms with Crippen molar-refractivity contribution < 1.29 is 19.4 Å². The minimum Gasteiger partial charge on any atom is -0.393 e. The molecule has 2 aromatic heterocycles. The first-order valence-electron chi connectivity index (χ1n) is 17.1. The molecule has 0 saturated carbocycles. The van der Waals surface area contributed by atoms with Crippen LogP contribution in [0.15, 0.2) is 76.5 Å². The quantitative estimate of drug-likeness (QED) is 0.0690. The summed E-state index contributed by atoms with van der Waals surface area (Å²) in [6, 6.07) is 15.6. The largest absolute Gasteiger partial charge is 0.393 e. The van der Waals surface area contributed by atoms with Gasteiger partial charge in [-0.15, -0.1) is 0 Å². The van der Waals surface area contributed by atoms with Crippen molar-refractivity contribution in [3.63, 3.8) is 0 Å². The molecular formula is C37H45N5O6. The summed E-state index contributed by atoms with van der Waals surface area (Å²) in [6.07, 6.45) is 14.1. The fourth-order valence-electron chi connectivity index (χ4n) is 6.10. The highest BCUT2D eigenvalue weighted by molar-refractivity contribution is 6.16. The molecule has 0 spiro atoms. The molecule has 4 aromatic rings. The summed E-state index contributed by atoms with van der Waals surface area (Å²) in [5.41, 5.74) is 1.29. The summed E-state index contributed by atoms with van der Waals surface area (Å²) in [7, 11) is 0. The summed E-state index contributed by atoms with van der Waals surface area (Å²) in [4.78, 5) is 57.0. The number of hydrogen-bond donors (Lipinski definition) is 4. The molecule has 2 atom stereocenters. The maximum Gasteiger partial charge on any atom is 0.330 e. The van der Waals surface area contributed by atoms with Crippen LogP contribution in [0.4, 0.5) is 0 Å². The lowest BCUT2D eigenvalue weighted by molar-refractivity contribution is -0.120. The average Bonchev–Trinajstić information content (AvgIpc) is 3.57. The highest BCUT2D eigenvalue weighted by Crippen LogP contribution is 2.26. The molecule has 0 saturated heterocycles. The average molecular weight is 656 g/mol. The maximum absolute atomic E-state index is 13.2. The third-order valence-electron chi connectivity index (χ3n) is 8.68. The Kier molecular flexibility index (Phi) is 12.7. The van der Waals surface area contributed by atoms with Gasteiger partial charge in [-0.2, -0.15) is 0 Å². The van der Waals surface area contributed by atoms with Crippen LogP contribution in [-0.4, -0.2) is 57.3 Å². The molecule has 2 amide bonds. The molecule has 0 radical (unpaired) electrons. The highest BCUT2D eigenvalue weighted by atomic mass is 16.5. The molecule has 48 heavy (non-hydrogen) atoms. The van der Waals surface area contributed by atoms with Crippen molar-refractivity contribution in [1.29, 1.82) is 0 Å². The van der Waals surface area contributed by atoms with E-state index in [9.17, 15) is 24.3 Å². The van der Waals surface area contributed by atoms with Crippen LogP contribution in [0.3, 0.4) is 0 Å². The molecule has 0 fully saturated rings. The van der Waals surface area contributed by atoms with Gasteiger partial charge >= 0.3 is 5.69 Å². The number of aliphatic hydroxyl groups is 1. The van der Waals surface area contributed by atoms with Crippen molar-refractivity contribution in [2.24, 2.45) is 0 Å². The fourth-order valence-corrected chi connectivity index (χ4v) is 6.10. The van der Waals surface area contributed by atoms with E-state index in [-0.39, 0.29) is 30.4 Å². The number of carbonyl (C=O) groups excluding carboxylic acids is 2. The summed E-state index contributed by atoms with van der Waals surface area (Å²) in [5.74, 6) is -0.325. The monoisotopic (exact) mass is 655 g/mol. The molecular weight excluding hydrogens is 610 g/mol.